The van der Waals surface area contributed by atoms with Crippen LogP contribution in [0.4, 0.5) is 10.1 Å². The predicted octanol–water partition coefficient (Wildman–Crippen LogP) is 4.00. The fourth-order valence-electron chi connectivity index (χ4n) is 2.59. The van der Waals surface area contributed by atoms with Gasteiger partial charge < -0.3 is 10.6 Å². The Labute approximate surface area is 119 Å². The van der Waals surface area contributed by atoms with Crippen LogP contribution in [0.15, 0.2) is 18.2 Å². The van der Waals surface area contributed by atoms with Gasteiger partial charge in [-0.2, -0.15) is 0 Å². The third-order valence-electron chi connectivity index (χ3n) is 3.80. The number of hydrogen-bond acceptors (Lipinski definition) is 1. The molecule has 0 heterocycles. The van der Waals surface area contributed by atoms with E-state index in [1.54, 1.807) is 12.1 Å². The molecule has 0 bridgehead atoms. The van der Waals surface area contributed by atoms with Crippen LogP contribution in [0.5, 0.6) is 0 Å². The van der Waals surface area contributed by atoms with E-state index in [0.29, 0.717) is 22.8 Å². The molecule has 104 valence electrons. The Kier molecular flexibility index (Phi) is 4.75. The van der Waals surface area contributed by atoms with Gasteiger partial charge in [0.15, 0.2) is 5.11 Å². The highest BCUT2D eigenvalue weighted by Crippen LogP contribution is 2.24. The third kappa shape index (κ3) is 3.90. The van der Waals surface area contributed by atoms with Gasteiger partial charge in [0.05, 0.1) is 5.69 Å². The molecule has 0 spiro atoms. The summed E-state index contributed by atoms with van der Waals surface area (Å²) >= 11 is 5.28. The fraction of sp³-hybridized carbons (Fsp3) is 0.533. The SMILES string of the molecule is Cc1ccc(F)c(NC(=S)N[C@@H]2CCCC[C@@H]2C)c1. The topological polar surface area (TPSA) is 24.1 Å². The Hall–Kier alpha value is -1.16. The lowest BCUT2D eigenvalue weighted by molar-refractivity contribution is 0.309. The summed E-state index contributed by atoms with van der Waals surface area (Å²) < 4.78 is 13.6. The molecule has 0 saturated heterocycles. The number of aryl methyl sites for hydroxylation is 1. The highest BCUT2D eigenvalue weighted by atomic mass is 32.1. The Morgan fingerprint density at radius 2 is 2.05 bits per heavy atom. The number of rotatable bonds is 2. The first-order valence-corrected chi connectivity index (χ1v) is 7.31. The minimum atomic E-state index is -0.272. The average Bonchev–Trinajstić information content (AvgIpc) is 2.37. The molecule has 1 aliphatic rings. The monoisotopic (exact) mass is 280 g/mol. The molecule has 0 unspecified atom stereocenters. The van der Waals surface area contributed by atoms with Crippen molar-refractivity contribution in [3.05, 3.63) is 29.6 Å². The van der Waals surface area contributed by atoms with Gasteiger partial charge in [-0.3, -0.25) is 0 Å². The van der Waals surface area contributed by atoms with Crippen molar-refractivity contribution in [2.75, 3.05) is 5.32 Å². The lowest BCUT2D eigenvalue weighted by Gasteiger charge is -2.30. The van der Waals surface area contributed by atoms with Gasteiger partial charge in [0.1, 0.15) is 5.82 Å². The fourth-order valence-corrected chi connectivity index (χ4v) is 2.85. The van der Waals surface area contributed by atoms with E-state index in [2.05, 4.69) is 17.6 Å². The van der Waals surface area contributed by atoms with Crippen LogP contribution < -0.4 is 10.6 Å². The Bertz CT molecular complexity index is 461. The summed E-state index contributed by atoms with van der Waals surface area (Å²) in [6.45, 7) is 4.18. The Morgan fingerprint density at radius 3 is 2.79 bits per heavy atom. The van der Waals surface area contributed by atoms with Gasteiger partial charge in [-0.05, 0) is 55.6 Å². The first kappa shape index (κ1) is 14.3. The minimum Gasteiger partial charge on any atom is -0.359 e. The molecule has 2 rings (SSSR count). The number of nitrogens with one attached hydrogen (secondary N) is 2. The largest absolute Gasteiger partial charge is 0.359 e. The van der Waals surface area contributed by atoms with E-state index < -0.39 is 0 Å². The van der Waals surface area contributed by atoms with Crippen molar-refractivity contribution in [1.82, 2.24) is 5.32 Å². The highest BCUT2D eigenvalue weighted by Gasteiger charge is 2.21. The second kappa shape index (κ2) is 6.33. The molecule has 1 aromatic rings. The summed E-state index contributed by atoms with van der Waals surface area (Å²) in [6.07, 6.45) is 4.91. The molecule has 0 amide bonds. The molecular formula is C15H21FN2S. The van der Waals surface area contributed by atoms with Crippen LogP contribution in [0.1, 0.15) is 38.2 Å². The number of thiocarbonyl (C=S) groups is 1. The van der Waals surface area contributed by atoms with E-state index in [9.17, 15) is 4.39 Å². The van der Waals surface area contributed by atoms with Crippen molar-refractivity contribution in [3.63, 3.8) is 0 Å². The molecule has 1 fully saturated rings. The van der Waals surface area contributed by atoms with Gasteiger partial charge in [-0.15, -0.1) is 0 Å². The van der Waals surface area contributed by atoms with Crippen molar-refractivity contribution in [2.45, 2.75) is 45.6 Å². The van der Waals surface area contributed by atoms with Crippen LogP contribution in [0.25, 0.3) is 0 Å². The quantitative estimate of drug-likeness (QED) is 0.801. The van der Waals surface area contributed by atoms with Gasteiger partial charge in [0.25, 0.3) is 0 Å². The Morgan fingerprint density at radius 1 is 1.32 bits per heavy atom. The van der Waals surface area contributed by atoms with E-state index in [1.165, 1.54) is 25.3 Å². The van der Waals surface area contributed by atoms with Gasteiger partial charge in [-0.1, -0.05) is 25.8 Å². The Balaban J connectivity index is 1.95. The van der Waals surface area contributed by atoms with E-state index in [0.717, 1.165) is 12.0 Å². The molecule has 1 aromatic carbocycles. The predicted molar refractivity (Wildman–Crippen MR) is 81.9 cm³/mol. The molecule has 0 radical (unpaired) electrons. The average molecular weight is 280 g/mol. The number of halogens is 1. The molecule has 4 heteroatoms. The van der Waals surface area contributed by atoms with E-state index in [1.807, 2.05) is 6.92 Å². The standard InChI is InChI=1S/C15H21FN2S/c1-10-7-8-12(16)14(9-10)18-15(19)17-13-6-4-3-5-11(13)2/h7-9,11,13H,3-6H2,1-2H3,(H2,17,18,19)/t11-,13+/m0/s1. The molecule has 2 atom stereocenters. The zero-order chi connectivity index (χ0) is 13.8. The van der Waals surface area contributed by atoms with Crippen molar-refractivity contribution < 1.29 is 4.39 Å². The number of anilines is 1. The van der Waals surface area contributed by atoms with Crippen LogP contribution in [-0.4, -0.2) is 11.2 Å². The van der Waals surface area contributed by atoms with E-state index in [-0.39, 0.29) is 5.82 Å². The summed E-state index contributed by atoms with van der Waals surface area (Å²) in [6, 6.07) is 5.39. The zero-order valence-electron chi connectivity index (χ0n) is 11.5. The second-order valence-corrected chi connectivity index (χ2v) is 5.86. The third-order valence-corrected chi connectivity index (χ3v) is 4.02. The highest BCUT2D eigenvalue weighted by molar-refractivity contribution is 7.80. The molecule has 1 saturated carbocycles. The zero-order valence-corrected chi connectivity index (χ0v) is 12.3. The lowest BCUT2D eigenvalue weighted by atomic mass is 9.86. The van der Waals surface area contributed by atoms with Crippen molar-refractivity contribution in [3.8, 4) is 0 Å². The molecule has 0 aliphatic heterocycles. The minimum absolute atomic E-state index is 0.272. The van der Waals surface area contributed by atoms with Crippen molar-refractivity contribution >= 4 is 23.0 Å². The van der Waals surface area contributed by atoms with E-state index in [4.69, 9.17) is 12.2 Å². The summed E-state index contributed by atoms with van der Waals surface area (Å²) in [5.74, 6) is 0.349. The van der Waals surface area contributed by atoms with Gasteiger partial charge in [-0.25, -0.2) is 4.39 Å². The first-order chi connectivity index (χ1) is 9.06. The summed E-state index contributed by atoms with van der Waals surface area (Å²) in [5.41, 5.74) is 1.46. The molecule has 0 aromatic heterocycles. The van der Waals surface area contributed by atoms with E-state index >= 15 is 0 Å². The summed E-state index contributed by atoms with van der Waals surface area (Å²) in [4.78, 5) is 0. The molecule has 1 aliphatic carbocycles. The van der Waals surface area contributed by atoms with Crippen LogP contribution in [0.3, 0.4) is 0 Å². The number of benzene rings is 1. The maximum absolute atomic E-state index is 13.6. The summed E-state index contributed by atoms with van der Waals surface area (Å²) in [7, 11) is 0. The molecule has 19 heavy (non-hydrogen) atoms. The smallest absolute Gasteiger partial charge is 0.171 e. The van der Waals surface area contributed by atoms with Crippen molar-refractivity contribution in [2.24, 2.45) is 5.92 Å². The van der Waals surface area contributed by atoms with Crippen LogP contribution >= 0.6 is 12.2 Å². The van der Waals surface area contributed by atoms with Crippen LogP contribution in [0.2, 0.25) is 0 Å². The normalized spacial score (nSPS) is 22.9. The molecular weight excluding hydrogens is 259 g/mol. The number of hydrogen-bond donors (Lipinski definition) is 2. The van der Waals surface area contributed by atoms with Gasteiger partial charge in [0.2, 0.25) is 0 Å². The van der Waals surface area contributed by atoms with Gasteiger partial charge in [0, 0.05) is 6.04 Å². The lowest BCUT2D eigenvalue weighted by Crippen LogP contribution is -2.43. The maximum Gasteiger partial charge on any atom is 0.171 e. The van der Waals surface area contributed by atoms with Gasteiger partial charge >= 0.3 is 0 Å². The molecule has 2 nitrogen and oxygen atoms in total. The van der Waals surface area contributed by atoms with Crippen molar-refractivity contribution in [1.29, 1.82) is 0 Å². The first-order valence-electron chi connectivity index (χ1n) is 6.90. The summed E-state index contributed by atoms with van der Waals surface area (Å²) in [5, 5.41) is 6.80. The van der Waals surface area contributed by atoms with Crippen LogP contribution in [-0.2, 0) is 0 Å². The van der Waals surface area contributed by atoms with Crippen LogP contribution in [0, 0.1) is 18.7 Å². The maximum atomic E-state index is 13.6. The molecule has 2 N–H and O–H groups in total. The second-order valence-electron chi connectivity index (χ2n) is 5.45.